The first-order chi connectivity index (χ1) is 12.5. The number of unbranched alkanes of at least 4 members (excludes halogenated alkanes) is 1. The molecule has 0 saturated heterocycles. The second kappa shape index (κ2) is 10.2. The van der Waals surface area contributed by atoms with E-state index < -0.39 is 12.6 Å². The molecule has 138 valence electrons. The number of halogens is 1. The molecule has 0 amide bonds. The van der Waals surface area contributed by atoms with Crippen LogP contribution < -0.4 is 9.47 Å². The summed E-state index contributed by atoms with van der Waals surface area (Å²) in [7, 11) is 1.52. The first-order valence-corrected chi connectivity index (χ1v) is 9.46. The molecule has 1 N–H and O–H groups in total. The fourth-order valence-electron chi connectivity index (χ4n) is 2.37. The minimum atomic E-state index is -1.03. The van der Waals surface area contributed by atoms with Gasteiger partial charge in [-0.05, 0) is 70.8 Å². The fourth-order valence-corrected chi connectivity index (χ4v) is 3.15. The molecular formula is C20H22INO4. The molecule has 2 aromatic carbocycles. The van der Waals surface area contributed by atoms with E-state index in [1.54, 1.807) is 12.3 Å². The molecule has 6 heteroatoms. The number of ether oxygens (including phenoxy) is 2. The lowest BCUT2D eigenvalue weighted by Crippen LogP contribution is -2.11. The molecule has 0 aliphatic carbocycles. The van der Waals surface area contributed by atoms with Crippen molar-refractivity contribution in [3.8, 4) is 11.5 Å². The Labute approximate surface area is 167 Å². The summed E-state index contributed by atoms with van der Waals surface area (Å²) in [5.41, 5.74) is 3.05. The maximum absolute atomic E-state index is 10.7. The number of hydrogen-bond donors (Lipinski definition) is 1. The van der Waals surface area contributed by atoms with Gasteiger partial charge in [0.05, 0.1) is 16.4 Å². The molecule has 5 nitrogen and oxygen atoms in total. The highest BCUT2D eigenvalue weighted by atomic mass is 127. The second-order valence-electron chi connectivity index (χ2n) is 5.74. The van der Waals surface area contributed by atoms with Gasteiger partial charge in [0, 0.05) is 6.21 Å². The van der Waals surface area contributed by atoms with E-state index in [1.165, 1.54) is 25.5 Å². The summed E-state index contributed by atoms with van der Waals surface area (Å²) in [6, 6.07) is 11.9. The molecule has 0 aromatic heterocycles. The lowest BCUT2D eigenvalue weighted by atomic mass is 10.1. The van der Waals surface area contributed by atoms with Gasteiger partial charge in [-0.15, -0.1) is 0 Å². The molecular weight excluding hydrogens is 445 g/mol. The Balaban J connectivity index is 2.14. The van der Waals surface area contributed by atoms with Crippen LogP contribution >= 0.6 is 22.6 Å². The van der Waals surface area contributed by atoms with Crippen LogP contribution in [0.4, 0.5) is 5.69 Å². The summed E-state index contributed by atoms with van der Waals surface area (Å²) in [5, 5.41) is 8.77. The summed E-state index contributed by atoms with van der Waals surface area (Å²) in [5.74, 6) is -0.127. The average molecular weight is 467 g/mol. The lowest BCUT2D eigenvalue weighted by molar-refractivity contribution is -0.139. The third-order valence-electron chi connectivity index (χ3n) is 3.71. The highest BCUT2D eigenvalue weighted by Gasteiger charge is 2.12. The van der Waals surface area contributed by atoms with Crippen LogP contribution in [0.25, 0.3) is 0 Å². The molecule has 0 radical (unpaired) electrons. The second-order valence-corrected chi connectivity index (χ2v) is 6.91. The third-order valence-corrected chi connectivity index (χ3v) is 4.51. The molecule has 0 bridgehead atoms. The van der Waals surface area contributed by atoms with Crippen molar-refractivity contribution in [3.05, 3.63) is 51.1 Å². The molecule has 0 heterocycles. The molecule has 0 fully saturated rings. The van der Waals surface area contributed by atoms with Crippen LogP contribution in [0.5, 0.6) is 11.5 Å². The lowest BCUT2D eigenvalue weighted by Gasteiger charge is -2.12. The Hall–Kier alpha value is -2.09. The third kappa shape index (κ3) is 6.01. The molecule has 26 heavy (non-hydrogen) atoms. The van der Waals surface area contributed by atoms with Gasteiger partial charge in [-0.2, -0.15) is 0 Å². The van der Waals surface area contributed by atoms with Crippen molar-refractivity contribution in [1.29, 1.82) is 0 Å². The summed E-state index contributed by atoms with van der Waals surface area (Å²) < 4.78 is 11.4. The number of benzene rings is 2. The minimum absolute atomic E-state index is 0.413. The van der Waals surface area contributed by atoms with E-state index in [9.17, 15) is 4.79 Å². The topological polar surface area (TPSA) is 68.1 Å². The quantitative estimate of drug-likeness (QED) is 0.423. The molecule has 0 atom stereocenters. The molecule has 0 unspecified atom stereocenters. The van der Waals surface area contributed by atoms with Gasteiger partial charge in [-0.25, -0.2) is 4.79 Å². The Morgan fingerprint density at radius 3 is 2.62 bits per heavy atom. The monoisotopic (exact) mass is 467 g/mol. The Bertz CT molecular complexity index is 772. The van der Waals surface area contributed by atoms with Crippen LogP contribution in [0.15, 0.2) is 41.4 Å². The van der Waals surface area contributed by atoms with Crippen LogP contribution in [0.3, 0.4) is 0 Å². The van der Waals surface area contributed by atoms with Crippen molar-refractivity contribution in [2.75, 3.05) is 13.7 Å². The van der Waals surface area contributed by atoms with Crippen LogP contribution in [-0.2, 0) is 11.2 Å². The maximum Gasteiger partial charge on any atom is 0.341 e. The van der Waals surface area contributed by atoms with Gasteiger partial charge in [-0.3, -0.25) is 4.99 Å². The van der Waals surface area contributed by atoms with E-state index in [-0.39, 0.29) is 0 Å². The molecule has 0 aliphatic rings. The SMILES string of the molecule is CCCCc1ccc(N=Cc2cc(I)c(OCC(=O)O)c(OC)c2)cc1. The zero-order valence-electron chi connectivity index (χ0n) is 14.9. The summed E-state index contributed by atoms with van der Waals surface area (Å²) in [6.45, 7) is 1.77. The van der Waals surface area contributed by atoms with Gasteiger partial charge in [0.25, 0.3) is 0 Å². The molecule has 0 saturated carbocycles. The molecule has 2 rings (SSSR count). The van der Waals surface area contributed by atoms with Crippen LogP contribution in [-0.4, -0.2) is 31.0 Å². The summed E-state index contributed by atoms with van der Waals surface area (Å²) in [4.78, 5) is 15.2. The summed E-state index contributed by atoms with van der Waals surface area (Å²) >= 11 is 2.09. The van der Waals surface area contributed by atoms with Gasteiger partial charge in [0.2, 0.25) is 0 Å². The highest BCUT2D eigenvalue weighted by Crippen LogP contribution is 2.33. The average Bonchev–Trinajstić information content (AvgIpc) is 2.64. The van der Waals surface area contributed by atoms with Gasteiger partial charge in [0.1, 0.15) is 0 Å². The smallest absolute Gasteiger partial charge is 0.341 e. The number of aliphatic carboxylic acids is 1. The number of carbonyl (C=O) groups is 1. The van der Waals surface area contributed by atoms with Gasteiger partial charge < -0.3 is 14.6 Å². The van der Waals surface area contributed by atoms with E-state index >= 15 is 0 Å². The van der Waals surface area contributed by atoms with Gasteiger partial charge in [-0.1, -0.05) is 25.5 Å². The highest BCUT2D eigenvalue weighted by molar-refractivity contribution is 14.1. The number of methoxy groups -OCH3 is 1. The van der Waals surface area contributed by atoms with E-state index in [4.69, 9.17) is 14.6 Å². The molecule has 2 aromatic rings. The Morgan fingerprint density at radius 2 is 2.00 bits per heavy atom. The zero-order valence-corrected chi connectivity index (χ0v) is 17.0. The molecule has 0 aliphatic heterocycles. The van der Waals surface area contributed by atoms with Gasteiger partial charge in [0.15, 0.2) is 18.1 Å². The number of nitrogens with zero attached hydrogens (tertiary/aromatic N) is 1. The van der Waals surface area contributed by atoms with Crippen molar-refractivity contribution in [3.63, 3.8) is 0 Å². The number of carboxylic acids is 1. The predicted molar refractivity (Wildman–Crippen MR) is 111 cm³/mol. The van der Waals surface area contributed by atoms with Crippen molar-refractivity contribution < 1.29 is 19.4 Å². The first-order valence-electron chi connectivity index (χ1n) is 8.38. The number of rotatable bonds is 9. The Kier molecular flexibility index (Phi) is 7.90. The first kappa shape index (κ1) is 20.2. The normalized spacial score (nSPS) is 10.9. The summed E-state index contributed by atoms with van der Waals surface area (Å²) in [6.07, 6.45) is 5.23. The van der Waals surface area contributed by atoms with E-state index in [1.807, 2.05) is 18.2 Å². The van der Waals surface area contributed by atoms with Crippen molar-refractivity contribution in [2.45, 2.75) is 26.2 Å². The standard InChI is InChI=1S/C20H22INO4/c1-3-4-5-14-6-8-16(9-7-14)22-12-15-10-17(21)20(18(11-15)25-2)26-13-19(23)24/h6-12H,3-5,13H2,1-2H3,(H,23,24). The maximum atomic E-state index is 10.7. The van der Waals surface area contributed by atoms with E-state index in [0.29, 0.717) is 11.5 Å². The van der Waals surface area contributed by atoms with Crippen LogP contribution in [0.1, 0.15) is 30.9 Å². The largest absolute Gasteiger partial charge is 0.493 e. The van der Waals surface area contributed by atoms with Crippen molar-refractivity contribution in [2.24, 2.45) is 4.99 Å². The number of hydrogen-bond acceptors (Lipinski definition) is 4. The van der Waals surface area contributed by atoms with Gasteiger partial charge >= 0.3 is 5.97 Å². The number of aliphatic imine (C=N–C) groups is 1. The Morgan fingerprint density at radius 1 is 1.27 bits per heavy atom. The number of carboxylic acid groups (broad SMARTS) is 1. The van der Waals surface area contributed by atoms with Crippen molar-refractivity contribution >= 4 is 40.5 Å². The van der Waals surface area contributed by atoms with Crippen LogP contribution in [0, 0.1) is 3.57 Å². The van der Waals surface area contributed by atoms with E-state index in [0.717, 1.165) is 21.2 Å². The zero-order chi connectivity index (χ0) is 18.9. The minimum Gasteiger partial charge on any atom is -0.493 e. The molecule has 0 spiro atoms. The number of aryl methyl sites for hydroxylation is 1. The van der Waals surface area contributed by atoms with E-state index in [2.05, 4.69) is 46.6 Å². The van der Waals surface area contributed by atoms with Crippen molar-refractivity contribution in [1.82, 2.24) is 0 Å². The fraction of sp³-hybridized carbons (Fsp3) is 0.300. The predicted octanol–water partition coefficient (Wildman–Crippen LogP) is 4.86. The van der Waals surface area contributed by atoms with Crippen LogP contribution in [0.2, 0.25) is 0 Å².